The molecule has 2 fully saturated rings. The predicted octanol–water partition coefficient (Wildman–Crippen LogP) is 5.70. The smallest absolute Gasteiger partial charge is 0.248 e. The van der Waals surface area contributed by atoms with Crippen LogP contribution < -0.4 is 20.9 Å². The van der Waals surface area contributed by atoms with Gasteiger partial charge >= 0.3 is 0 Å². The zero-order chi connectivity index (χ0) is 24.9. The third-order valence-electron chi connectivity index (χ3n) is 6.69. The van der Waals surface area contributed by atoms with Gasteiger partial charge in [0.25, 0.3) is 0 Å². The van der Waals surface area contributed by atoms with Gasteiger partial charge in [-0.3, -0.25) is 14.4 Å². The summed E-state index contributed by atoms with van der Waals surface area (Å²) in [6, 6.07) is 6.59. The van der Waals surface area contributed by atoms with E-state index in [0.717, 1.165) is 5.69 Å². The Morgan fingerprint density at radius 1 is 0.861 bits per heavy atom. The van der Waals surface area contributed by atoms with Gasteiger partial charge in [-0.15, -0.1) is 12.4 Å². The topological polar surface area (TPSA) is 113 Å². The van der Waals surface area contributed by atoms with Crippen LogP contribution in [0.4, 0.5) is 11.4 Å². The third-order valence-corrected chi connectivity index (χ3v) is 6.69. The maximum Gasteiger partial charge on any atom is 0.248 e. The molecule has 0 aliphatic heterocycles. The predicted molar refractivity (Wildman–Crippen MR) is 145 cm³/mol. The van der Waals surface area contributed by atoms with Gasteiger partial charge in [0.15, 0.2) is 0 Å². The van der Waals surface area contributed by atoms with Gasteiger partial charge in [0.1, 0.15) is 0 Å². The number of aromatic nitrogens is 2. The molecule has 9 heteroatoms. The van der Waals surface area contributed by atoms with Gasteiger partial charge in [-0.25, -0.2) is 4.98 Å². The first-order valence-corrected chi connectivity index (χ1v) is 12.8. The van der Waals surface area contributed by atoms with Gasteiger partial charge in [-0.1, -0.05) is 38.5 Å². The molecule has 0 saturated heterocycles. The molecule has 2 aliphatic rings. The second kappa shape index (κ2) is 16.0. The minimum absolute atomic E-state index is 0. The molecular weight excluding hydrogens is 480 g/mol. The molecule has 2 aromatic heterocycles. The van der Waals surface area contributed by atoms with Crippen LogP contribution >= 0.6 is 12.4 Å². The molecule has 0 atom stereocenters. The van der Waals surface area contributed by atoms with Gasteiger partial charge in [0.2, 0.25) is 23.3 Å². The number of carbonyl (C=O) groups excluding carboxylic acids is 2. The van der Waals surface area contributed by atoms with E-state index in [-0.39, 0.29) is 29.8 Å². The molecule has 2 amide bonds. The van der Waals surface area contributed by atoms with Gasteiger partial charge in [0.05, 0.1) is 24.7 Å². The van der Waals surface area contributed by atoms with E-state index in [1.54, 1.807) is 25.4 Å². The quantitative estimate of drug-likeness (QED) is 0.434. The number of nitrogens with one attached hydrogen (secondary N) is 3. The monoisotopic (exact) mass is 518 g/mol. The van der Waals surface area contributed by atoms with Crippen LogP contribution in [0, 0.1) is 11.8 Å². The Bertz CT molecular complexity index is 964. The summed E-state index contributed by atoms with van der Waals surface area (Å²) >= 11 is 0. The van der Waals surface area contributed by atoms with E-state index in [4.69, 9.17) is 4.74 Å². The summed E-state index contributed by atoms with van der Waals surface area (Å²) in [5.74, 6) is 1.79. The van der Waals surface area contributed by atoms with E-state index in [0.29, 0.717) is 36.2 Å². The van der Waals surface area contributed by atoms with Crippen LogP contribution in [0.3, 0.4) is 0 Å². The molecule has 2 aliphatic carbocycles. The molecule has 0 unspecified atom stereocenters. The van der Waals surface area contributed by atoms with Gasteiger partial charge in [0, 0.05) is 31.2 Å². The lowest BCUT2D eigenvalue weighted by Crippen LogP contribution is -2.18. The van der Waals surface area contributed by atoms with E-state index < -0.39 is 0 Å². The van der Waals surface area contributed by atoms with Crippen LogP contribution in [0.25, 0.3) is 0 Å². The fourth-order valence-electron chi connectivity index (χ4n) is 4.79. The molecule has 2 saturated carbocycles. The Balaban J connectivity index is 0.000000247. The normalized spacial score (nSPS) is 16.0. The SMILES string of the molecule is COc1ccc(NC(=O)CC2CCCCC2)cn1.Cl.O=C(CC1CCCCC1)Nc1ccc(=O)[nH]c1. The minimum atomic E-state index is -0.157. The number of anilines is 2. The van der Waals surface area contributed by atoms with Crippen molar-refractivity contribution in [3.8, 4) is 5.88 Å². The first-order chi connectivity index (χ1) is 17.0. The number of halogens is 1. The van der Waals surface area contributed by atoms with Crippen molar-refractivity contribution in [2.45, 2.75) is 77.0 Å². The molecule has 4 rings (SSSR count). The number of amides is 2. The molecule has 2 aromatic rings. The lowest BCUT2D eigenvalue weighted by molar-refractivity contribution is -0.118. The van der Waals surface area contributed by atoms with E-state index in [2.05, 4.69) is 20.6 Å². The molecule has 3 N–H and O–H groups in total. The standard InChI is InChI=1S/C14H20N2O2.C13H18N2O2.ClH/c1-18-14-8-7-12(10-15-14)16-13(17)9-11-5-3-2-4-6-11;16-12-7-6-11(9-14-12)15-13(17)8-10-4-2-1-3-5-10;/h7-8,10-11H,2-6,9H2,1H3,(H,16,17);6-7,9-10H,1-5,8H2,(H,14,16)(H,15,17);1H. The molecule has 2 heterocycles. The number of hydrogen-bond donors (Lipinski definition) is 3. The van der Waals surface area contributed by atoms with Crippen molar-refractivity contribution in [3.63, 3.8) is 0 Å². The van der Waals surface area contributed by atoms with E-state index in [1.165, 1.54) is 76.5 Å². The first kappa shape index (κ1) is 29.4. The Labute approximate surface area is 219 Å². The molecule has 8 nitrogen and oxygen atoms in total. The Kier molecular flexibility index (Phi) is 13.0. The van der Waals surface area contributed by atoms with Gasteiger partial charge in [-0.2, -0.15) is 0 Å². The number of pyridine rings is 2. The van der Waals surface area contributed by atoms with Crippen molar-refractivity contribution in [3.05, 3.63) is 47.0 Å². The van der Waals surface area contributed by atoms with Gasteiger partial charge < -0.3 is 20.4 Å². The number of nitrogens with zero attached hydrogens (tertiary/aromatic N) is 1. The molecule has 0 radical (unpaired) electrons. The first-order valence-electron chi connectivity index (χ1n) is 12.8. The van der Waals surface area contributed by atoms with Crippen LogP contribution in [-0.2, 0) is 9.59 Å². The van der Waals surface area contributed by atoms with E-state index in [1.807, 2.05) is 6.07 Å². The summed E-state index contributed by atoms with van der Waals surface area (Å²) in [7, 11) is 1.57. The summed E-state index contributed by atoms with van der Waals surface area (Å²) in [5.41, 5.74) is 1.23. The van der Waals surface area contributed by atoms with Crippen LogP contribution in [0.1, 0.15) is 77.0 Å². The number of methoxy groups -OCH3 is 1. The summed E-state index contributed by atoms with van der Waals surface area (Å²) in [6.45, 7) is 0. The number of H-pyrrole nitrogens is 1. The highest BCUT2D eigenvalue weighted by Gasteiger charge is 2.18. The average molecular weight is 519 g/mol. The van der Waals surface area contributed by atoms with Crippen molar-refractivity contribution >= 4 is 35.6 Å². The molecule has 0 bridgehead atoms. The molecule has 198 valence electrons. The molecule has 0 aromatic carbocycles. The lowest BCUT2D eigenvalue weighted by Gasteiger charge is -2.20. The van der Waals surface area contributed by atoms with Crippen LogP contribution in [-0.4, -0.2) is 28.9 Å². The minimum Gasteiger partial charge on any atom is -0.481 e. The highest BCUT2D eigenvalue weighted by molar-refractivity contribution is 5.91. The van der Waals surface area contributed by atoms with Crippen molar-refractivity contribution in [1.29, 1.82) is 0 Å². The number of ether oxygens (including phenoxy) is 1. The summed E-state index contributed by atoms with van der Waals surface area (Å²) in [6.07, 6.45) is 16.7. The van der Waals surface area contributed by atoms with E-state index >= 15 is 0 Å². The highest BCUT2D eigenvalue weighted by Crippen LogP contribution is 2.27. The summed E-state index contributed by atoms with van der Waals surface area (Å²) in [5, 5.41) is 5.69. The molecule has 0 spiro atoms. The Morgan fingerprint density at radius 2 is 1.39 bits per heavy atom. The molecule has 36 heavy (non-hydrogen) atoms. The summed E-state index contributed by atoms with van der Waals surface area (Å²) < 4.78 is 4.97. The van der Waals surface area contributed by atoms with Crippen LogP contribution in [0.15, 0.2) is 41.5 Å². The maximum absolute atomic E-state index is 11.9. The second-order valence-corrected chi connectivity index (χ2v) is 9.54. The average Bonchev–Trinajstić information content (AvgIpc) is 2.87. The fraction of sp³-hybridized carbons (Fsp3) is 0.556. The highest BCUT2D eigenvalue weighted by atomic mass is 35.5. The Morgan fingerprint density at radius 3 is 1.83 bits per heavy atom. The van der Waals surface area contributed by atoms with Crippen molar-refractivity contribution in [1.82, 2.24) is 9.97 Å². The van der Waals surface area contributed by atoms with Crippen LogP contribution in [0.5, 0.6) is 5.88 Å². The van der Waals surface area contributed by atoms with Crippen molar-refractivity contribution in [2.24, 2.45) is 11.8 Å². The Hall–Kier alpha value is -2.87. The summed E-state index contributed by atoms with van der Waals surface area (Å²) in [4.78, 5) is 41.1. The zero-order valence-corrected chi connectivity index (χ0v) is 21.9. The maximum atomic E-state index is 11.9. The molecular formula is C27H39ClN4O4. The third kappa shape index (κ3) is 10.8. The largest absolute Gasteiger partial charge is 0.481 e. The van der Waals surface area contributed by atoms with Crippen LogP contribution in [0.2, 0.25) is 0 Å². The van der Waals surface area contributed by atoms with Crippen molar-refractivity contribution in [2.75, 3.05) is 17.7 Å². The second-order valence-electron chi connectivity index (χ2n) is 9.54. The fourth-order valence-corrected chi connectivity index (χ4v) is 4.79. The number of rotatable bonds is 7. The number of carbonyl (C=O) groups is 2. The number of hydrogen-bond acceptors (Lipinski definition) is 5. The van der Waals surface area contributed by atoms with Gasteiger partial charge in [-0.05, 0) is 49.7 Å². The lowest BCUT2D eigenvalue weighted by atomic mass is 9.87. The van der Waals surface area contributed by atoms with Crippen molar-refractivity contribution < 1.29 is 14.3 Å². The van der Waals surface area contributed by atoms with E-state index in [9.17, 15) is 14.4 Å². The number of aromatic amines is 1. The zero-order valence-electron chi connectivity index (χ0n) is 21.1.